The van der Waals surface area contributed by atoms with E-state index in [1.807, 2.05) is 42.6 Å². The van der Waals surface area contributed by atoms with Crippen molar-refractivity contribution >= 4 is 29.2 Å². The summed E-state index contributed by atoms with van der Waals surface area (Å²) in [5.41, 5.74) is 3.52. The molecule has 1 unspecified atom stereocenters. The van der Waals surface area contributed by atoms with Gasteiger partial charge in [-0.05, 0) is 56.5 Å². The number of hydrogen-bond donors (Lipinski definition) is 2. The highest BCUT2D eigenvalue weighted by atomic mass is 32.1. The third kappa shape index (κ3) is 5.20. The number of carbonyl (C=O) groups excluding carboxylic acids is 3. The lowest BCUT2D eigenvalue weighted by Gasteiger charge is -2.21. The zero-order valence-corrected chi connectivity index (χ0v) is 19.1. The van der Waals surface area contributed by atoms with Gasteiger partial charge in [0, 0.05) is 10.9 Å². The summed E-state index contributed by atoms with van der Waals surface area (Å²) in [6.07, 6.45) is 1.03. The number of aryl methyl sites for hydroxylation is 2. The Morgan fingerprint density at radius 1 is 1.15 bits per heavy atom. The molecule has 1 aliphatic rings. The number of hydrazine groups is 1. The number of benzene rings is 2. The Balaban J connectivity index is 1.34. The normalized spacial score (nSPS) is 17.7. The lowest BCUT2D eigenvalue weighted by Crippen LogP contribution is -2.48. The molecule has 2 N–H and O–H groups in total. The van der Waals surface area contributed by atoms with E-state index in [1.165, 1.54) is 0 Å². The molecular weight excluding hydrogens is 440 g/mol. The first-order chi connectivity index (χ1) is 15.8. The molecule has 1 fully saturated rings. The van der Waals surface area contributed by atoms with Crippen LogP contribution in [0.3, 0.4) is 0 Å². The molecule has 0 saturated carbocycles. The molecule has 4 rings (SSSR count). The number of hydrogen-bond acceptors (Lipinski definition) is 6. The summed E-state index contributed by atoms with van der Waals surface area (Å²) in [5, 5.41) is 6.35. The Labute approximate surface area is 195 Å². The van der Waals surface area contributed by atoms with Gasteiger partial charge in [-0.15, -0.1) is 11.3 Å². The molecule has 2 aromatic carbocycles. The summed E-state index contributed by atoms with van der Waals surface area (Å²) in [5.74, 6) is -0.469. The van der Waals surface area contributed by atoms with Crippen molar-refractivity contribution in [1.29, 1.82) is 0 Å². The van der Waals surface area contributed by atoms with E-state index in [0.29, 0.717) is 30.8 Å². The minimum atomic E-state index is -1.09. The number of nitrogens with zero attached hydrogens (tertiary/aromatic N) is 2. The first kappa shape index (κ1) is 22.5. The second-order valence-corrected chi connectivity index (χ2v) is 9.06. The summed E-state index contributed by atoms with van der Waals surface area (Å²) in [6, 6.07) is 15.5. The van der Waals surface area contributed by atoms with Gasteiger partial charge in [0.05, 0.1) is 10.7 Å². The Morgan fingerprint density at radius 3 is 2.55 bits per heavy atom. The van der Waals surface area contributed by atoms with E-state index < -0.39 is 23.4 Å². The predicted molar refractivity (Wildman–Crippen MR) is 124 cm³/mol. The molecule has 33 heavy (non-hydrogen) atoms. The molecule has 3 aromatic rings. The number of nitrogens with one attached hydrogen (secondary N) is 2. The zero-order chi connectivity index (χ0) is 23.4. The van der Waals surface area contributed by atoms with Crippen LogP contribution in [0.15, 0.2) is 60.0 Å². The molecule has 9 heteroatoms. The second-order valence-electron chi connectivity index (χ2n) is 8.00. The Morgan fingerprint density at radius 2 is 1.88 bits per heavy atom. The van der Waals surface area contributed by atoms with Crippen molar-refractivity contribution < 1.29 is 19.1 Å². The van der Waals surface area contributed by atoms with Gasteiger partial charge in [0.2, 0.25) is 0 Å². The van der Waals surface area contributed by atoms with Gasteiger partial charge in [-0.2, -0.15) is 5.01 Å². The van der Waals surface area contributed by atoms with E-state index in [4.69, 9.17) is 4.74 Å². The average Bonchev–Trinajstić information content (AvgIpc) is 3.33. The molecule has 0 aliphatic carbocycles. The summed E-state index contributed by atoms with van der Waals surface area (Å²) in [6.45, 7) is 3.93. The summed E-state index contributed by atoms with van der Waals surface area (Å²) >= 11 is 1.55. The SMILES string of the molecule is Cc1nc(COc2ccc(C(=O)NN3C(=O)NC(C)(CCc4ccccc4)C3=O)cc2)cs1. The first-order valence-corrected chi connectivity index (χ1v) is 11.4. The Kier molecular flexibility index (Phi) is 6.41. The monoisotopic (exact) mass is 464 g/mol. The molecule has 170 valence electrons. The van der Waals surface area contributed by atoms with Crippen molar-refractivity contribution in [2.75, 3.05) is 0 Å². The smallest absolute Gasteiger partial charge is 0.344 e. The largest absolute Gasteiger partial charge is 0.487 e. The lowest BCUT2D eigenvalue weighted by molar-refractivity contribution is -0.132. The molecule has 8 nitrogen and oxygen atoms in total. The standard InChI is InChI=1S/C24H24N4O4S/c1-16-25-19(15-33-16)14-32-20-10-8-18(9-11-20)21(29)27-28-22(30)24(2,26-23(28)31)13-12-17-6-4-3-5-7-17/h3-11,15H,12-14H2,1-2H3,(H,26,31)(H,27,29). The molecule has 1 atom stereocenters. The van der Waals surface area contributed by atoms with Gasteiger partial charge in [-0.3, -0.25) is 15.0 Å². The number of amides is 4. The van der Waals surface area contributed by atoms with E-state index in [2.05, 4.69) is 15.7 Å². The van der Waals surface area contributed by atoms with Gasteiger partial charge in [-0.1, -0.05) is 30.3 Å². The van der Waals surface area contributed by atoms with Gasteiger partial charge in [0.1, 0.15) is 17.9 Å². The number of rotatable bonds is 8. The van der Waals surface area contributed by atoms with E-state index in [0.717, 1.165) is 21.3 Å². The number of imide groups is 1. The van der Waals surface area contributed by atoms with E-state index in [1.54, 1.807) is 42.5 Å². The third-order valence-corrected chi connectivity index (χ3v) is 6.22. The third-order valence-electron chi connectivity index (χ3n) is 5.40. The minimum absolute atomic E-state index is 0.297. The first-order valence-electron chi connectivity index (χ1n) is 10.5. The van der Waals surface area contributed by atoms with Gasteiger partial charge in [0.15, 0.2) is 0 Å². The topological polar surface area (TPSA) is 101 Å². The molecule has 4 amide bonds. The molecular formula is C24H24N4O4S. The molecule has 1 aliphatic heterocycles. The van der Waals surface area contributed by atoms with Crippen LogP contribution in [0.1, 0.15) is 40.0 Å². The predicted octanol–water partition coefficient (Wildman–Crippen LogP) is 3.62. The van der Waals surface area contributed by atoms with Gasteiger partial charge < -0.3 is 10.1 Å². The van der Waals surface area contributed by atoms with Crippen LogP contribution in [0.4, 0.5) is 4.79 Å². The molecule has 0 bridgehead atoms. The van der Waals surface area contributed by atoms with Crippen molar-refractivity contribution in [3.8, 4) is 5.75 Å². The fourth-order valence-corrected chi connectivity index (χ4v) is 4.09. The van der Waals surface area contributed by atoms with E-state index in [-0.39, 0.29) is 0 Å². The average molecular weight is 465 g/mol. The van der Waals surface area contributed by atoms with Crippen LogP contribution >= 0.6 is 11.3 Å². The van der Waals surface area contributed by atoms with Crippen LogP contribution in [0.5, 0.6) is 5.75 Å². The van der Waals surface area contributed by atoms with Crippen LogP contribution < -0.4 is 15.5 Å². The number of carbonyl (C=O) groups is 3. The maximum Gasteiger partial charge on any atom is 0.344 e. The molecule has 2 heterocycles. The lowest BCUT2D eigenvalue weighted by atomic mass is 9.93. The van der Waals surface area contributed by atoms with Crippen molar-refractivity contribution in [3.63, 3.8) is 0 Å². The highest BCUT2D eigenvalue weighted by Gasteiger charge is 2.48. The highest BCUT2D eigenvalue weighted by molar-refractivity contribution is 7.09. The maximum absolute atomic E-state index is 12.9. The molecule has 0 radical (unpaired) electrons. The van der Waals surface area contributed by atoms with Crippen molar-refractivity contribution in [2.45, 2.75) is 38.8 Å². The quantitative estimate of drug-likeness (QED) is 0.496. The number of aromatic nitrogens is 1. The van der Waals surface area contributed by atoms with Crippen molar-refractivity contribution in [2.24, 2.45) is 0 Å². The van der Waals surface area contributed by atoms with Crippen LogP contribution in [0.2, 0.25) is 0 Å². The minimum Gasteiger partial charge on any atom is -0.487 e. The fourth-order valence-electron chi connectivity index (χ4n) is 3.49. The Hall–Kier alpha value is -3.72. The summed E-state index contributed by atoms with van der Waals surface area (Å²) < 4.78 is 5.68. The second kappa shape index (κ2) is 9.41. The van der Waals surface area contributed by atoms with Crippen molar-refractivity contribution in [1.82, 2.24) is 20.7 Å². The highest BCUT2D eigenvalue weighted by Crippen LogP contribution is 2.23. The van der Waals surface area contributed by atoms with Crippen LogP contribution in [-0.2, 0) is 17.8 Å². The van der Waals surface area contributed by atoms with Crippen LogP contribution in [-0.4, -0.2) is 33.4 Å². The zero-order valence-electron chi connectivity index (χ0n) is 18.3. The number of ether oxygens (including phenoxy) is 1. The maximum atomic E-state index is 12.9. The Bertz CT molecular complexity index is 1160. The van der Waals surface area contributed by atoms with E-state index >= 15 is 0 Å². The number of thiazole rings is 1. The van der Waals surface area contributed by atoms with Gasteiger partial charge >= 0.3 is 6.03 Å². The van der Waals surface area contributed by atoms with E-state index in [9.17, 15) is 14.4 Å². The van der Waals surface area contributed by atoms with Crippen molar-refractivity contribution in [3.05, 3.63) is 81.8 Å². The summed E-state index contributed by atoms with van der Waals surface area (Å²) in [4.78, 5) is 42.3. The number of urea groups is 1. The van der Waals surface area contributed by atoms with Gasteiger partial charge in [0.25, 0.3) is 11.8 Å². The van der Waals surface area contributed by atoms with Gasteiger partial charge in [-0.25, -0.2) is 9.78 Å². The van der Waals surface area contributed by atoms with Crippen LogP contribution in [0, 0.1) is 6.92 Å². The fraction of sp³-hybridized carbons (Fsp3) is 0.250. The van der Waals surface area contributed by atoms with Crippen LogP contribution in [0.25, 0.3) is 0 Å². The summed E-state index contributed by atoms with van der Waals surface area (Å²) in [7, 11) is 0. The molecule has 0 spiro atoms. The molecule has 1 aromatic heterocycles. The molecule has 1 saturated heterocycles.